The second kappa shape index (κ2) is 7.72. The van der Waals surface area contributed by atoms with Crippen molar-refractivity contribution in [2.24, 2.45) is 0 Å². The van der Waals surface area contributed by atoms with Crippen LogP contribution in [0.25, 0.3) is 0 Å². The summed E-state index contributed by atoms with van der Waals surface area (Å²) >= 11 is 5.76. The van der Waals surface area contributed by atoms with E-state index in [1.54, 1.807) is 42.5 Å². The SMILES string of the molecule is Cc1ccc2c(c1)C(=O)N(CCC(=O)OCC(=O)c1ccc(Cl)cc1)C2=O. The molecule has 7 heteroatoms. The number of ether oxygens (including phenoxy) is 1. The summed E-state index contributed by atoms with van der Waals surface area (Å²) in [6, 6.07) is 11.2. The van der Waals surface area contributed by atoms with Crippen LogP contribution in [0.4, 0.5) is 0 Å². The van der Waals surface area contributed by atoms with Gasteiger partial charge >= 0.3 is 5.97 Å². The maximum absolute atomic E-state index is 12.3. The molecule has 0 fully saturated rings. The van der Waals surface area contributed by atoms with Crippen LogP contribution in [0, 0.1) is 6.92 Å². The standard InChI is InChI=1S/C20H16ClNO5/c1-12-2-7-15-16(10-12)20(26)22(19(15)25)9-8-18(24)27-11-17(23)13-3-5-14(21)6-4-13/h2-7,10H,8-9,11H2,1H3. The Bertz CT molecular complexity index is 936. The Kier molecular flexibility index (Phi) is 5.37. The predicted octanol–water partition coefficient (Wildman–Crippen LogP) is 3.06. The lowest BCUT2D eigenvalue weighted by atomic mass is 10.1. The van der Waals surface area contributed by atoms with E-state index in [1.807, 2.05) is 6.92 Å². The third-order valence-electron chi connectivity index (χ3n) is 4.20. The van der Waals surface area contributed by atoms with Crippen LogP contribution >= 0.6 is 11.6 Å². The van der Waals surface area contributed by atoms with Gasteiger partial charge < -0.3 is 4.74 Å². The van der Waals surface area contributed by atoms with Crippen LogP contribution in [0.2, 0.25) is 5.02 Å². The quantitative estimate of drug-likeness (QED) is 0.433. The van der Waals surface area contributed by atoms with Gasteiger partial charge in [-0.25, -0.2) is 0 Å². The summed E-state index contributed by atoms with van der Waals surface area (Å²) in [6.07, 6.45) is -0.182. The van der Waals surface area contributed by atoms with E-state index in [4.69, 9.17) is 16.3 Å². The lowest BCUT2D eigenvalue weighted by Crippen LogP contribution is -2.32. The first-order valence-corrected chi connectivity index (χ1v) is 8.66. The zero-order valence-corrected chi connectivity index (χ0v) is 15.3. The molecule has 27 heavy (non-hydrogen) atoms. The van der Waals surface area contributed by atoms with Crippen molar-refractivity contribution in [2.45, 2.75) is 13.3 Å². The van der Waals surface area contributed by atoms with Crippen molar-refractivity contribution in [3.8, 4) is 0 Å². The molecule has 0 spiro atoms. The molecular weight excluding hydrogens is 370 g/mol. The van der Waals surface area contributed by atoms with Crippen LogP contribution in [-0.2, 0) is 9.53 Å². The lowest BCUT2D eigenvalue weighted by Gasteiger charge is -2.13. The number of aryl methyl sites for hydroxylation is 1. The molecule has 0 saturated heterocycles. The van der Waals surface area contributed by atoms with Crippen molar-refractivity contribution >= 4 is 35.2 Å². The normalized spacial score (nSPS) is 12.9. The second-order valence-corrected chi connectivity index (χ2v) is 6.59. The van der Waals surface area contributed by atoms with Gasteiger partial charge in [0.25, 0.3) is 11.8 Å². The zero-order chi connectivity index (χ0) is 19.6. The van der Waals surface area contributed by atoms with Crippen molar-refractivity contribution in [1.82, 2.24) is 4.90 Å². The molecule has 0 saturated carbocycles. The average molecular weight is 386 g/mol. The van der Waals surface area contributed by atoms with Gasteiger partial charge in [-0.3, -0.25) is 24.1 Å². The van der Waals surface area contributed by atoms with Gasteiger partial charge in [-0.05, 0) is 43.3 Å². The van der Waals surface area contributed by atoms with Gasteiger partial charge in [0.05, 0.1) is 17.5 Å². The molecule has 0 bridgehead atoms. The Balaban J connectivity index is 1.52. The fraction of sp³-hybridized carbons (Fsp3) is 0.200. The van der Waals surface area contributed by atoms with Crippen molar-refractivity contribution in [1.29, 1.82) is 0 Å². The van der Waals surface area contributed by atoms with Gasteiger partial charge in [0.1, 0.15) is 0 Å². The summed E-state index contributed by atoms with van der Waals surface area (Å²) in [5, 5.41) is 0.500. The number of Topliss-reactive ketones (excluding diaryl/α,β-unsaturated/α-hetero) is 1. The molecule has 2 amide bonds. The highest BCUT2D eigenvalue weighted by Gasteiger charge is 2.35. The van der Waals surface area contributed by atoms with E-state index in [9.17, 15) is 19.2 Å². The summed E-state index contributed by atoms with van der Waals surface area (Å²) in [5.41, 5.74) is 1.92. The number of esters is 1. The maximum atomic E-state index is 12.3. The molecule has 2 aromatic carbocycles. The number of benzene rings is 2. The Morgan fingerprint density at radius 3 is 2.37 bits per heavy atom. The fourth-order valence-electron chi connectivity index (χ4n) is 2.75. The number of hydrogen-bond donors (Lipinski definition) is 0. The molecule has 0 aromatic heterocycles. The number of amides is 2. The predicted molar refractivity (Wildman–Crippen MR) is 97.9 cm³/mol. The molecule has 0 aliphatic carbocycles. The third kappa shape index (κ3) is 4.06. The molecule has 6 nitrogen and oxygen atoms in total. The van der Waals surface area contributed by atoms with Gasteiger partial charge in [-0.2, -0.15) is 0 Å². The molecule has 0 atom stereocenters. The molecule has 1 aliphatic rings. The van der Waals surface area contributed by atoms with E-state index in [-0.39, 0.29) is 18.7 Å². The minimum Gasteiger partial charge on any atom is -0.457 e. The molecule has 0 N–H and O–H groups in total. The van der Waals surface area contributed by atoms with E-state index in [1.165, 1.54) is 0 Å². The van der Waals surface area contributed by atoms with E-state index >= 15 is 0 Å². The monoisotopic (exact) mass is 385 g/mol. The molecule has 0 unspecified atom stereocenters. The van der Waals surface area contributed by atoms with E-state index < -0.39 is 24.4 Å². The number of hydrogen-bond acceptors (Lipinski definition) is 5. The number of halogens is 1. The minimum absolute atomic E-state index is 0.0979. The van der Waals surface area contributed by atoms with Gasteiger partial charge in [0.15, 0.2) is 12.4 Å². The minimum atomic E-state index is -0.662. The first kappa shape index (κ1) is 18.8. The Labute approximate surface area is 160 Å². The summed E-state index contributed by atoms with van der Waals surface area (Å²) in [6.45, 7) is 1.32. The van der Waals surface area contributed by atoms with Gasteiger partial charge in [0.2, 0.25) is 0 Å². The van der Waals surface area contributed by atoms with E-state index in [0.29, 0.717) is 21.7 Å². The lowest BCUT2D eigenvalue weighted by molar-refractivity contribution is -0.142. The first-order valence-electron chi connectivity index (χ1n) is 8.28. The summed E-state index contributed by atoms with van der Waals surface area (Å²) < 4.78 is 4.94. The molecule has 0 radical (unpaired) electrons. The van der Waals surface area contributed by atoms with Crippen molar-refractivity contribution in [2.75, 3.05) is 13.2 Å². The molecule has 1 aliphatic heterocycles. The van der Waals surface area contributed by atoms with Crippen molar-refractivity contribution < 1.29 is 23.9 Å². The second-order valence-electron chi connectivity index (χ2n) is 6.15. The average Bonchev–Trinajstić information content (AvgIpc) is 2.88. The van der Waals surface area contributed by atoms with Crippen LogP contribution in [-0.4, -0.2) is 41.6 Å². The van der Waals surface area contributed by atoms with Gasteiger partial charge in [-0.1, -0.05) is 23.2 Å². The highest BCUT2D eigenvalue weighted by molar-refractivity contribution is 6.30. The number of rotatable bonds is 6. The smallest absolute Gasteiger partial charge is 0.308 e. The molecule has 3 rings (SSSR count). The van der Waals surface area contributed by atoms with Crippen molar-refractivity contribution in [3.05, 3.63) is 69.7 Å². The zero-order valence-electron chi connectivity index (χ0n) is 14.5. The van der Waals surface area contributed by atoms with Gasteiger partial charge in [0, 0.05) is 17.1 Å². The Morgan fingerprint density at radius 1 is 1.00 bits per heavy atom. The van der Waals surface area contributed by atoms with Crippen LogP contribution in [0.15, 0.2) is 42.5 Å². The van der Waals surface area contributed by atoms with Crippen LogP contribution < -0.4 is 0 Å². The summed E-state index contributed by atoms with van der Waals surface area (Å²) in [5.74, 6) is -1.88. The number of imide groups is 1. The molecular formula is C20H16ClNO5. The van der Waals surface area contributed by atoms with Crippen LogP contribution in [0.1, 0.15) is 43.1 Å². The van der Waals surface area contributed by atoms with Crippen molar-refractivity contribution in [3.63, 3.8) is 0 Å². The van der Waals surface area contributed by atoms with Crippen LogP contribution in [0.5, 0.6) is 0 Å². The molecule has 2 aromatic rings. The van der Waals surface area contributed by atoms with Crippen LogP contribution in [0.3, 0.4) is 0 Å². The Morgan fingerprint density at radius 2 is 1.67 bits per heavy atom. The number of ketones is 1. The number of nitrogens with zero attached hydrogens (tertiary/aromatic N) is 1. The summed E-state index contributed by atoms with van der Waals surface area (Å²) in [4.78, 5) is 49.5. The van der Waals surface area contributed by atoms with E-state index in [2.05, 4.69) is 0 Å². The topological polar surface area (TPSA) is 80.8 Å². The molecule has 1 heterocycles. The number of carbonyl (C=O) groups is 4. The number of carbonyl (C=O) groups excluding carboxylic acids is 4. The fourth-order valence-corrected chi connectivity index (χ4v) is 2.87. The Hall–Kier alpha value is -2.99. The first-order chi connectivity index (χ1) is 12.9. The number of fused-ring (bicyclic) bond motifs is 1. The molecule has 138 valence electrons. The third-order valence-corrected chi connectivity index (χ3v) is 4.45. The largest absolute Gasteiger partial charge is 0.457 e. The highest BCUT2D eigenvalue weighted by Crippen LogP contribution is 2.24. The highest BCUT2D eigenvalue weighted by atomic mass is 35.5. The maximum Gasteiger partial charge on any atom is 0.308 e. The van der Waals surface area contributed by atoms with Gasteiger partial charge in [-0.15, -0.1) is 0 Å². The summed E-state index contributed by atoms with van der Waals surface area (Å²) in [7, 11) is 0. The van der Waals surface area contributed by atoms with E-state index in [0.717, 1.165) is 10.5 Å².